The first kappa shape index (κ1) is 19.3. The van der Waals surface area contributed by atoms with Crippen LogP contribution in [0.2, 0.25) is 25.2 Å². The van der Waals surface area contributed by atoms with Crippen LogP contribution in [0.4, 0.5) is 0 Å². The van der Waals surface area contributed by atoms with E-state index in [9.17, 15) is 0 Å². The lowest BCUT2D eigenvalue weighted by Gasteiger charge is -2.50. The second kappa shape index (κ2) is 8.57. The molecule has 0 amide bonds. The van der Waals surface area contributed by atoms with Crippen molar-refractivity contribution in [3.8, 4) is 0 Å². The molecule has 0 aliphatic rings. The summed E-state index contributed by atoms with van der Waals surface area (Å²) in [5.74, 6) is 0.731. The summed E-state index contributed by atoms with van der Waals surface area (Å²) < 4.78 is 2.91. The Kier molecular flexibility index (Phi) is 8.71. The van der Waals surface area contributed by atoms with E-state index in [1.54, 1.807) is 0 Å². The van der Waals surface area contributed by atoms with Gasteiger partial charge in [-0.05, 0) is 50.7 Å². The molecular formula is C14H37N3Si2. The van der Waals surface area contributed by atoms with Crippen LogP contribution in [0.15, 0.2) is 0 Å². The maximum Gasteiger partial charge on any atom is 0.194 e. The van der Waals surface area contributed by atoms with Gasteiger partial charge >= 0.3 is 0 Å². The Balaban J connectivity index is 5.37. The first-order chi connectivity index (χ1) is 8.79. The zero-order valence-electron chi connectivity index (χ0n) is 14.6. The molecule has 0 aliphatic carbocycles. The molecule has 0 spiro atoms. The molecule has 0 rings (SSSR count). The largest absolute Gasteiger partial charge is 0.326 e. The molecule has 5 heteroatoms. The smallest absolute Gasteiger partial charge is 0.194 e. The molecule has 0 saturated heterocycles. The molecule has 0 aromatic carbocycles. The molecule has 2 N–H and O–H groups in total. The Labute approximate surface area is 123 Å². The average Bonchev–Trinajstić information content (AvgIpc) is 2.36. The molecule has 2 atom stereocenters. The van der Waals surface area contributed by atoms with Crippen LogP contribution in [-0.2, 0) is 0 Å². The number of nitrogens with zero attached hydrogens (tertiary/aromatic N) is 1. The summed E-state index contributed by atoms with van der Waals surface area (Å²) in [5, 5.41) is 0. The molecule has 3 nitrogen and oxygen atoms in total. The van der Waals surface area contributed by atoms with Crippen molar-refractivity contribution in [3.63, 3.8) is 0 Å². The number of nitrogens with one attached hydrogen (secondary N) is 2. The number of hydrogen-bond donors (Lipinski definition) is 2. The second-order valence-electron chi connectivity index (χ2n) is 6.32. The highest BCUT2D eigenvalue weighted by molar-refractivity contribution is 6.89. The van der Waals surface area contributed by atoms with Gasteiger partial charge in [-0.2, -0.15) is 0 Å². The van der Waals surface area contributed by atoms with E-state index in [0.29, 0.717) is 0 Å². The highest BCUT2D eigenvalue weighted by Gasteiger charge is 2.44. The lowest BCUT2D eigenvalue weighted by atomic mass is 10.2. The molecule has 0 radical (unpaired) electrons. The van der Waals surface area contributed by atoms with Crippen molar-refractivity contribution < 1.29 is 0 Å². The summed E-state index contributed by atoms with van der Waals surface area (Å²) in [6.07, 6.45) is 0. The Bertz CT molecular complexity index is 231. The minimum atomic E-state index is -1.53. The molecular weight excluding hydrogens is 266 g/mol. The van der Waals surface area contributed by atoms with Gasteiger partial charge in [-0.15, -0.1) is 0 Å². The van der Waals surface area contributed by atoms with E-state index in [4.69, 9.17) is 0 Å². The minimum Gasteiger partial charge on any atom is -0.326 e. The molecule has 0 saturated carbocycles. The predicted molar refractivity (Wildman–Crippen MR) is 93.1 cm³/mol. The van der Waals surface area contributed by atoms with E-state index in [1.807, 2.05) is 0 Å². The van der Waals surface area contributed by atoms with Crippen molar-refractivity contribution in [2.45, 2.75) is 66.7 Å². The topological polar surface area (TPSA) is 27.3 Å². The normalized spacial score (nSPS) is 18.6. The first-order valence-electron chi connectivity index (χ1n) is 8.07. The van der Waals surface area contributed by atoms with Gasteiger partial charge in [0.1, 0.15) is 0 Å². The standard InChI is InChI=1S/C14H37N3Si2/c1-9-15-18(7,11-3)17(13-14(5)6)19(8,12-4)16-10-2/h14-16H,9-13H2,1-8H3. The third-order valence-electron chi connectivity index (χ3n) is 4.23. The van der Waals surface area contributed by atoms with E-state index in [1.165, 1.54) is 18.6 Å². The summed E-state index contributed by atoms with van der Waals surface area (Å²) in [4.78, 5) is 7.74. The summed E-state index contributed by atoms with van der Waals surface area (Å²) in [6, 6.07) is 2.56. The van der Waals surface area contributed by atoms with Crippen LogP contribution in [0.25, 0.3) is 0 Å². The Morgan fingerprint density at radius 3 is 1.42 bits per heavy atom. The third kappa shape index (κ3) is 5.30. The van der Waals surface area contributed by atoms with E-state index < -0.39 is 16.8 Å². The van der Waals surface area contributed by atoms with Crippen molar-refractivity contribution in [2.24, 2.45) is 5.92 Å². The van der Waals surface area contributed by atoms with Gasteiger partial charge in [-0.1, -0.05) is 41.5 Å². The molecule has 2 unspecified atom stereocenters. The highest BCUT2D eigenvalue weighted by atomic mass is 28.4. The molecule has 0 aromatic rings. The fraction of sp³-hybridized carbons (Fsp3) is 1.00. The zero-order chi connectivity index (χ0) is 15.1. The van der Waals surface area contributed by atoms with Gasteiger partial charge in [-0.25, -0.2) is 0 Å². The maximum absolute atomic E-state index is 3.87. The second-order valence-corrected chi connectivity index (χ2v) is 15.1. The van der Waals surface area contributed by atoms with Crippen molar-refractivity contribution in [1.29, 1.82) is 0 Å². The molecule has 0 fully saturated rings. The number of rotatable bonds is 10. The van der Waals surface area contributed by atoms with Crippen LogP contribution in [0.1, 0.15) is 41.5 Å². The maximum atomic E-state index is 3.87. The number of hydrogen-bond acceptors (Lipinski definition) is 3. The van der Waals surface area contributed by atoms with Gasteiger partial charge in [0.2, 0.25) is 0 Å². The molecule has 116 valence electrons. The van der Waals surface area contributed by atoms with Gasteiger partial charge in [0.05, 0.1) is 0 Å². The first-order valence-corrected chi connectivity index (χ1v) is 13.4. The van der Waals surface area contributed by atoms with E-state index >= 15 is 0 Å². The molecule has 0 heterocycles. The van der Waals surface area contributed by atoms with Crippen molar-refractivity contribution in [3.05, 3.63) is 0 Å². The predicted octanol–water partition coefficient (Wildman–Crippen LogP) is 3.35. The SMILES string of the molecule is CCN[Si](C)(CC)N(CC(C)C)[Si](C)(CC)NCC. The lowest BCUT2D eigenvalue weighted by molar-refractivity contribution is 0.466. The molecule has 0 aliphatic heterocycles. The van der Waals surface area contributed by atoms with Gasteiger partial charge < -0.3 is 14.2 Å². The molecule has 0 aromatic heterocycles. The summed E-state index contributed by atoms with van der Waals surface area (Å²) in [7, 11) is -3.05. The Morgan fingerprint density at radius 1 is 0.842 bits per heavy atom. The van der Waals surface area contributed by atoms with Gasteiger partial charge in [0.25, 0.3) is 0 Å². The van der Waals surface area contributed by atoms with Crippen LogP contribution in [0.3, 0.4) is 0 Å². The quantitative estimate of drug-likeness (QED) is 0.606. The lowest BCUT2D eigenvalue weighted by Crippen LogP contribution is -2.75. The average molecular weight is 304 g/mol. The molecule has 0 bridgehead atoms. The monoisotopic (exact) mass is 303 g/mol. The van der Waals surface area contributed by atoms with Crippen LogP contribution in [-0.4, -0.2) is 40.7 Å². The highest BCUT2D eigenvalue weighted by Crippen LogP contribution is 2.23. The van der Waals surface area contributed by atoms with Crippen molar-refractivity contribution in [2.75, 3.05) is 19.6 Å². The van der Waals surface area contributed by atoms with Gasteiger partial charge in [0.15, 0.2) is 16.8 Å². The Morgan fingerprint density at radius 2 is 1.21 bits per heavy atom. The van der Waals surface area contributed by atoms with E-state index in [2.05, 4.69) is 68.8 Å². The van der Waals surface area contributed by atoms with Crippen LogP contribution in [0.5, 0.6) is 0 Å². The van der Waals surface area contributed by atoms with Crippen LogP contribution >= 0.6 is 0 Å². The Hall–Kier alpha value is 0.314. The zero-order valence-corrected chi connectivity index (χ0v) is 16.6. The van der Waals surface area contributed by atoms with Gasteiger partial charge in [0, 0.05) is 0 Å². The fourth-order valence-electron chi connectivity index (χ4n) is 2.90. The summed E-state index contributed by atoms with van der Waals surface area (Å²) in [6.45, 7) is 22.3. The minimum absolute atomic E-state index is 0.731. The fourth-order valence-corrected chi connectivity index (χ4v) is 13.4. The van der Waals surface area contributed by atoms with Crippen LogP contribution < -0.4 is 9.96 Å². The van der Waals surface area contributed by atoms with Crippen LogP contribution in [0, 0.1) is 5.92 Å². The third-order valence-corrected chi connectivity index (χ3v) is 14.9. The van der Waals surface area contributed by atoms with Crippen molar-refractivity contribution >= 4 is 16.8 Å². The van der Waals surface area contributed by atoms with E-state index in [0.717, 1.165) is 19.0 Å². The van der Waals surface area contributed by atoms with Gasteiger partial charge in [-0.3, -0.25) is 0 Å². The summed E-state index contributed by atoms with van der Waals surface area (Å²) >= 11 is 0. The summed E-state index contributed by atoms with van der Waals surface area (Å²) in [5.41, 5.74) is 0. The van der Waals surface area contributed by atoms with Crippen molar-refractivity contribution in [1.82, 2.24) is 14.2 Å². The van der Waals surface area contributed by atoms with E-state index in [-0.39, 0.29) is 0 Å². The molecule has 19 heavy (non-hydrogen) atoms.